The first-order valence-electron chi connectivity index (χ1n) is 9.31. The minimum absolute atomic E-state index is 0.0104. The highest BCUT2D eigenvalue weighted by atomic mass is 16.1. The number of aromatic nitrogens is 1. The Morgan fingerprint density at radius 1 is 0.714 bits per heavy atom. The molecule has 1 aliphatic rings. The lowest BCUT2D eigenvalue weighted by atomic mass is 10.1. The zero-order valence-electron chi connectivity index (χ0n) is 16.2. The Hall–Kier alpha value is -3.40. The van der Waals surface area contributed by atoms with E-state index >= 15 is 0 Å². The Kier molecular flexibility index (Phi) is 6.22. The topological polar surface area (TPSA) is 42.3 Å². The quantitative estimate of drug-likeness (QED) is 0.664. The molecule has 1 aromatic heterocycles. The van der Waals surface area contributed by atoms with Crippen LogP contribution in [-0.4, -0.2) is 16.9 Å². The predicted octanol–water partition coefficient (Wildman–Crippen LogP) is 4.52. The van der Waals surface area contributed by atoms with Crippen molar-refractivity contribution in [1.82, 2.24) is 4.57 Å². The number of anilines is 1. The van der Waals surface area contributed by atoms with E-state index in [0.29, 0.717) is 13.0 Å². The summed E-state index contributed by atoms with van der Waals surface area (Å²) in [5.41, 5.74) is 4.13. The third-order valence-corrected chi connectivity index (χ3v) is 4.62. The molecule has 0 aliphatic carbocycles. The van der Waals surface area contributed by atoms with E-state index in [4.69, 9.17) is 0 Å². The van der Waals surface area contributed by atoms with Gasteiger partial charge in [0.1, 0.15) is 0 Å². The number of Topliss-reactive ketones (excluding diaryl/α,β-unsaturated/α-hetero) is 1. The van der Waals surface area contributed by atoms with Gasteiger partial charge in [0, 0.05) is 35.3 Å². The fourth-order valence-electron chi connectivity index (χ4n) is 3.14. The summed E-state index contributed by atoms with van der Waals surface area (Å²) < 4.78 is 1.69. The molecule has 0 saturated heterocycles. The van der Waals surface area contributed by atoms with Crippen molar-refractivity contribution in [2.45, 2.75) is 20.3 Å². The molecule has 0 spiro atoms. The molecule has 0 atom stereocenters. The highest BCUT2D eigenvalue weighted by molar-refractivity contribution is 5.87. The lowest BCUT2D eigenvalue weighted by Crippen LogP contribution is -2.31. The average Bonchev–Trinajstić information content (AvgIpc) is 2.72. The molecular formula is C24H24N2O2. The van der Waals surface area contributed by atoms with Crippen LogP contribution in [0.5, 0.6) is 0 Å². The Balaban J connectivity index is 0.000000161. The first-order valence-corrected chi connectivity index (χ1v) is 9.31. The minimum Gasteiger partial charge on any atom is -0.338 e. The van der Waals surface area contributed by atoms with Gasteiger partial charge >= 0.3 is 0 Å². The summed E-state index contributed by atoms with van der Waals surface area (Å²) in [6.45, 7) is 4.47. The number of allylic oxidation sites excluding steroid dienone is 2. The van der Waals surface area contributed by atoms with Gasteiger partial charge in [-0.25, -0.2) is 0 Å². The summed E-state index contributed by atoms with van der Waals surface area (Å²) in [6.07, 6.45) is 2.56. The summed E-state index contributed by atoms with van der Waals surface area (Å²) >= 11 is 0. The second kappa shape index (κ2) is 9.00. The highest BCUT2D eigenvalue weighted by Gasteiger charge is 2.16. The Morgan fingerprint density at radius 2 is 1.32 bits per heavy atom. The fraction of sp³-hybridized carbons (Fsp3) is 0.167. The monoisotopic (exact) mass is 372 g/mol. The standard InChI is InChI=1S/C12H11NO.C12H13NO/c1-10-6-5-9-12(14)13(10)11-7-3-2-4-8-11;1-10-7-8-12(14)9-13(10)11-5-3-2-4-6-11/h2-9H,1H3;2-7H,8-9H2,1H3. The molecule has 0 fully saturated rings. The van der Waals surface area contributed by atoms with Crippen molar-refractivity contribution >= 4 is 11.5 Å². The maximum absolute atomic E-state index is 11.6. The molecule has 1 aliphatic heterocycles. The smallest absolute Gasteiger partial charge is 0.255 e. The molecular weight excluding hydrogens is 348 g/mol. The molecule has 0 N–H and O–H groups in total. The molecule has 28 heavy (non-hydrogen) atoms. The Morgan fingerprint density at radius 3 is 1.93 bits per heavy atom. The summed E-state index contributed by atoms with van der Waals surface area (Å²) in [5, 5.41) is 0. The molecule has 2 aromatic carbocycles. The molecule has 4 nitrogen and oxygen atoms in total. The van der Waals surface area contributed by atoms with Crippen LogP contribution in [0.4, 0.5) is 5.69 Å². The zero-order valence-corrected chi connectivity index (χ0v) is 16.2. The molecule has 0 bridgehead atoms. The number of hydrogen-bond acceptors (Lipinski definition) is 3. The number of hydrogen-bond donors (Lipinski definition) is 0. The number of rotatable bonds is 2. The van der Waals surface area contributed by atoms with Crippen LogP contribution in [0.3, 0.4) is 0 Å². The SMILES string of the molecule is CC1=CCC(=O)CN1c1ccccc1.Cc1cccc(=O)n1-c1ccccc1. The number of nitrogens with zero attached hydrogens (tertiary/aromatic N) is 2. The van der Waals surface area contributed by atoms with Gasteiger partial charge in [0.15, 0.2) is 5.78 Å². The number of pyridine rings is 1. The molecule has 0 radical (unpaired) electrons. The van der Waals surface area contributed by atoms with Gasteiger partial charge < -0.3 is 4.90 Å². The normalized spacial score (nSPS) is 13.4. The minimum atomic E-state index is 0.0104. The summed E-state index contributed by atoms with van der Waals surface area (Å²) in [5.74, 6) is 0.277. The van der Waals surface area contributed by atoms with Crippen LogP contribution in [-0.2, 0) is 4.79 Å². The molecule has 0 unspecified atom stereocenters. The third kappa shape index (κ3) is 4.65. The summed E-state index contributed by atoms with van der Waals surface area (Å²) in [7, 11) is 0. The van der Waals surface area contributed by atoms with Crippen molar-refractivity contribution < 1.29 is 4.79 Å². The van der Waals surface area contributed by atoms with E-state index in [1.807, 2.05) is 91.6 Å². The largest absolute Gasteiger partial charge is 0.338 e. The lowest BCUT2D eigenvalue weighted by Gasteiger charge is -2.27. The van der Waals surface area contributed by atoms with Crippen molar-refractivity contribution in [3.63, 3.8) is 0 Å². The number of para-hydroxylation sites is 2. The maximum atomic E-state index is 11.6. The van der Waals surface area contributed by atoms with Gasteiger partial charge in [-0.15, -0.1) is 0 Å². The number of ketones is 1. The maximum Gasteiger partial charge on any atom is 0.255 e. The van der Waals surface area contributed by atoms with Crippen LogP contribution in [0.25, 0.3) is 5.69 Å². The number of aryl methyl sites for hydroxylation is 1. The lowest BCUT2D eigenvalue weighted by molar-refractivity contribution is -0.117. The van der Waals surface area contributed by atoms with Gasteiger partial charge in [0.25, 0.3) is 5.56 Å². The van der Waals surface area contributed by atoms with Crippen molar-refractivity contribution in [2.24, 2.45) is 0 Å². The van der Waals surface area contributed by atoms with Crippen LogP contribution in [0.15, 0.2) is 95.4 Å². The summed E-state index contributed by atoms with van der Waals surface area (Å²) in [4.78, 5) is 25.0. The molecule has 4 rings (SSSR count). The predicted molar refractivity (Wildman–Crippen MR) is 114 cm³/mol. The first kappa shape index (κ1) is 19.4. The highest BCUT2D eigenvalue weighted by Crippen LogP contribution is 2.21. The molecule has 4 heteroatoms. The van der Waals surface area contributed by atoms with Crippen LogP contribution in [0, 0.1) is 6.92 Å². The number of benzene rings is 2. The first-order chi connectivity index (χ1) is 13.6. The van der Waals surface area contributed by atoms with Crippen LogP contribution < -0.4 is 10.5 Å². The van der Waals surface area contributed by atoms with Crippen molar-refractivity contribution in [1.29, 1.82) is 0 Å². The average molecular weight is 372 g/mol. The van der Waals surface area contributed by atoms with Crippen molar-refractivity contribution in [2.75, 3.05) is 11.4 Å². The summed E-state index contributed by atoms with van der Waals surface area (Å²) in [6, 6.07) is 24.9. The van der Waals surface area contributed by atoms with E-state index in [2.05, 4.69) is 0 Å². The number of carbonyl (C=O) groups excluding carboxylic acids is 1. The van der Waals surface area contributed by atoms with Gasteiger partial charge in [0.2, 0.25) is 0 Å². The fourth-order valence-corrected chi connectivity index (χ4v) is 3.14. The van der Waals surface area contributed by atoms with Gasteiger partial charge in [-0.05, 0) is 44.2 Å². The molecule has 2 heterocycles. The van der Waals surface area contributed by atoms with E-state index < -0.39 is 0 Å². The van der Waals surface area contributed by atoms with E-state index in [1.165, 1.54) is 0 Å². The van der Waals surface area contributed by atoms with Crippen LogP contribution in [0.2, 0.25) is 0 Å². The number of carbonyl (C=O) groups is 1. The molecule has 0 amide bonds. The van der Waals surface area contributed by atoms with Gasteiger partial charge in [-0.3, -0.25) is 14.2 Å². The third-order valence-electron chi connectivity index (χ3n) is 4.62. The molecule has 142 valence electrons. The van der Waals surface area contributed by atoms with Crippen molar-refractivity contribution in [3.05, 3.63) is 107 Å². The van der Waals surface area contributed by atoms with Crippen molar-refractivity contribution in [3.8, 4) is 5.69 Å². The van der Waals surface area contributed by atoms with Gasteiger partial charge in [-0.2, -0.15) is 0 Å². The van der Waals surface area contributed by atoms with E-state index in [0.717, 1.165) is 22.8 Å². The Bertz CT molecular complexity index is 1020. The molecule has 3 aromatic rings. The molecule has 0 saturated carbocycles. The van der Waals surface area contributed by atoms with E-state index in [1.54, 1.807) is 16.7 Å². The van der Waals surface area contributed by atoms with Gasteiger partial charge in [-0.1, -0.05) is 48.5 Å². The zero-order chi connectivity index (χ0) is 19.9. The van der Waals surface area contributed by atoms with Crippen LogP contribution in [0.1, 0.15) is 19.0 Å². The second-order valence-corrected chi connectivity index (χ2v) is 6.69. The van der Waals surface area contributed by atoms with Crippen LogP contribution >= 0.6 is 0 Å². The van der Waals surface area contributed by atoms with Gasteiger partial charge in [0.05, 0.1) is 6.54 Å². The van der Waals surface area contributed by atoms with E-state index in [-0.39, 0.29) is 11.3 Å². The Labute approximate surface area is 165 Å². The van der Waals surface area contributed by atoms with E-state index in [9.17, 15) is 9.59 Å². The second-order valence-electron chi connectivity index (χ2n) is 6.69.